The maximum absolute atomic E-state index is 12.5. The number of hydrogen-bond donors (Lipinski definition) is 1. The van der Waals surface area contributed by atoms with Crippen molar-refractivity contribution in [1.82, 2.24) is 5.32 Å². The molecule has 27 heavy (non-hydrogen) atoms. The molecule has 0 fully saturated rings. The number of benzene rings is 3. The minimum atomic E-state index is -0.129. The predicted octanol–water partition coefficient (Wildman–Crippen LogP) is 3.71. The first kappa shape index (κ1) is 17.0. The molecule has 0 unspecified atom stereocenters. The average molecular weight is 356 g/mol. The predicted molar refractivity (Wildman–Crippen MR) is 105 cm³/mol. The molecule has 1 aliphatic heterocycles. The second-order valence-electron chi connectivity index (χ2n) is 6.65. The molecule has 4 rings (SSSR count). The van der Waals surface area contributed by atoms with Crippen molar-refractivity contribution >= 4 is 17.5 Å². The summed E-state index contributed by atoms with van der Waals surface area (Å²) in [6.45, 7) is 1.03. The van der Waals surface area contributed by atoms with E-state index in [1.165, 1.54) is 0 Å². The molecule has 0 saturated carbocycles. The van der Waals surface area contributed by atoms with Gasteiger partial charge in [0, 0.05) is 17.8 Å². The fourth-order valence-corrected chi connectivity index (χ4v) is 3.34. The summed E-state index contributed by atoms with van der Waals surface area (Å²) in [5, 5.41) is 2.93. The van der Waals surface area contributed by atoms with E-state index in [4.69, 9.17) is 0 Å². The first-order valence-electron chi connectivity index (χ1n) is 9.00. The summed E-state index contributed by atoms with van der Waals surface area (Å²) in [5.74, 6) is -0.0636. The summed E-state index contributed by atoms with van der Waals surface area (Å²) in [7, 11) is 0. The van der Waals surface area contributed by atoms with Gasteiger partial charge in [-0.25, -0.2) is 0 Å². The van der Waals surface area contributed by atoms with Crippen molar-refractivity contribution < 1.29 is 9.59 Å². The third-order valence-corrected chi connectivity index (χ3v) is 4.75. The van der Waals surface area contributed by atoms with E-state index in [9.17, 15) is 9.59 Å². The van der Waals surface area contributed by atoms with Gasteiger partial charge in [0.2, 0.25) is 5.91 Å². The quantitative estimate of drug-likeness (QED) is 0.758. The Hall–Kier alpha value is -3.40. The molecule has 0 aliphatic carbocycles. The summed E-state index contributed by atoms with van der Waals surface area (Å²) < 4.78 is 0. The molecule has 1 aliphatic rings. The number of nitrogens with zero attached hydrogens (tertiary/aromatic N) is 1. The molecule has 4 heteroatoms. The van der Waals surface area contributed by atoms with Gasteiger partial charge in [-0.1, -0.05) is 60.7 Å². The Kier molecular flexibility index (Phi) is 4.71. The van der Waals surface area contributed by atoms with E-state index in [2.05, 4.69) is 5.32 Å². The molecule has 3 aromatic rings. The molecule has 1 heterocycles. The number of anilines is 1. The van der Waals surface area contributed by atoms with Crippen LogP contribution in [-0.2, 0) is 24.3 Å². The summed E-state index contributed by atoms with van der Waals surface area (Å²) in [4.78, 5) is 26.7. The molecule has 134 valence electrons. The molecular formula is C23H20N2O2. The molecule has 2 amide bonds. The van der Waals surface area contributed by atoms with Crippen LogP contribution in [0, 0.1) is 0 Å². The number of carbonyl (C=O) groups excluding carboxylic acids is 2. The molecule has 0 radical (unpaired) electrons. The van der Waals surface area contributed by atoms with Crippen LogP contribution in [0.3, 0.4) is 0 Å². The Labute approximate surface area is 158 Å². The standard InChI is InChI=1S/C23H20N2O2/c26-22-14-20-13-19(23(27)24-15-17-7-3-1-4-8-17)11-12-21(20)25(22)16-18-9-5-2-6-10-18/h1-13H,14-16H2,(H,24,27). The van der Waals surface area contributed by atoms with Crippen molar-refractivity contribution in [2.45, 2.75) is 19.5 Å². The van der Waals surface area contributed by atoms with Gasteiger partial charge in [0.15, 0.2) is 0 Å². The lowest BCUT2D eigenvalue weighted by Crippen LogP contribution is -2.26. The van der Waals surface area contributed by atoms with Crippen LogP contribution in [0.2, 0.25) is 0 Å². The van der Waals surface area contributed by atoms with Gasteiger partial charge in [0.25, 0.3) is 5.91 Å². The first-order valence-corrected chi connectivity index (χ1v) is 9.00. The van der Waals surface area contributed by atoms with Crippen LogP contribution in [0.4, 0.5) is 5.69 Å². The van der Waals surface area contributed by atoms with Crippen molar-refractivity contribution in [3.63, 3.8) is 0 Å². The molecule has 3 aromatic carbocycles. The van der Waals surface area contributed by atoms with Gasteiger partial charge >= 0.3 is 0 Å². The van der Waals surface area contributed by atoms with Crippen molar-refractivity contribution in [3.05, 3.63) is 101 Å². The zero-order valence-corrected chi connectivity index (χ0v) is 14.9. The van der Waals surface area contributed by atoms with Gasteiger partial charge in [-0.2, -0.15) is 0 Å². The SMILES string of the molecule is O=C(NCc1ccccc1)c1ccc2c(c1)CC(=O)N2Cc1ccccc1. The highest BCUT2D eigenvalue weighted by Gasteiger charge is 2.28. The second-order valence-corrected chi connectivity index (χ2v) is 6.65. The zero-order chi connectivity index (χ0) is 18.6. The van der Waals surface area contributed by atoms with E-state index in [0.29, 0.717) is 25.1 Å². The Morgan fingerprint density at radius 1 is 0.889 bits per heavy atom. The Balaban J connectivity index is 1.48. The highest BCUT2D eigenvalue weighted by atomic mass is 16.2. The number of carbonyl (C=O) groups is 2. The van der Waals surface area contributed by atoms with Gasteiger partial charge in [-0.05, 0) is 34.9 Å². The third kappa shape index (κ3) is 3.75. The van der Waals surface area contributed by atoms with E-state index < -0.39 is 0 Å². The van der Waals surface area contributed by atoms with Crippen LogP contribution in [0.5, 0.6) is 0 Å². The van der Waals surface area contributed by atoms with Crippen LogP contribution in [-0.4, -0.2) is 11.8 Å². The lowest BCUT2D eigenvalue weighted by molar-refractivity contribution is -0.117. The molecule has 0 bridgehead atoms. The lowest BCUT2D eigenvalue weighted by atomic mass is 10.1. The fraction of sp³-hybridized carbons (Fsp3) is 0.130. The largest absolute Gasteiger partial charge is 0.348 e. The van der Waals surface area contributed by atoms with Crippen molar-refractivity contribution in [1.29, 1.82) is 0 Å². The van der Waals surface area contributed by atoms with Gasteiger partial charge in [-0.3, -0.25) is 9.59 Å². The Bertz CT molecular complexity index is 968. The second kappa shape index (κ2) is 7.46. The Morgan fingerprint density at radius 2 is 1.56 bits per heavy atom. The van der Waals surface area contributed by atoms with E-state index in [1.807, 2.05) is 72.8 Å². The minimum absolute atomic E-state index is 0.0655. The maximum Gasteiger partial charge on any atom is 0.251 e. The monoisotopic (exact) mass is 356 g/mol. The first-order chi connectivity index (χ1) is 13.2. The number of nitrogens with one attached hydrogen (secondary N) is 1. The molecule has 0 saturated heterocycles. The van der Waals surface area contributed by atoms with E-state index >= 15 is 0 Å². The fourth-order valence-electron chi connectivity index (χ4n) is 3.34. The smallest absolute Gasteiger partial charge is 0.251 e. The minimum Gasteiger partial charge on any atom is -0.348 e. The number of fused-ring (bicyclic) bond motifs is 1. The van der Waals surface area contributed by atoms with Crippen LogP contribution in [0.1, 0.15) is 27.0 Å². The van der Waals surface area contributed by atoms with Crippen molar-refractivity contribution in [3.8, 4) is 0 Å². The van der Waals surface area contributed by atoms with Crippen molar-refractivity contribution in [2.75, 3.05) is 4.90 Å². The molecule has 4 nitrogen and oxygen atoms in total. The van der Waals surface area contributed by atoms with Crippen LogP contribution < -0.4 is 10.2 Å². The lowest BCUT2D eigenvalue weighted by Gasteiger charge is -2.18. The number of rotatable bonds is 5. The highest BCUT2D eigenvalue weighted by Crippen LogP contribution is 2.31. The Morgan fingerprint density at radius 3 is 2.26 bits per heavy atom. The number of hydrogen-bond acceptors (Lipinski definition) is 2. The molecular weight excluding hydrogens is 336 g/mol. The van der Waals surface area contributed by atoms with Crippen LogP contribution in [0.15, 0.2) is 78.9 Å². The molecule has 1 N–H and O–H groups in total. The molecule has 0 atom stereocenters. The van der Waals surface area contributed by atoms with Gasteiger partial charge in [0.05, 0.1) is 13.0 Å². The number of amides is 2. The van der Waals surface area contributed by atoms with E-state index in [0.717, 1.165) is 22.4 Å². The van der Waals surface area contributed by atoms with Crippen molar-refractivity contribution in [2.24, 2.45) is 0 Å². The third-order valence-electron chi connectivity index (χ3n) is 4.75. The normalized spacial score (nSPS) is 12.7. The molecule has 0 aromatic heterocycles. The van der Waals surface area contributed by atoms with Gasteiger partial charge in [0.1, 0.15) is 0 Å². The van der Waals surface area contributed by atoms with Gasteiger partial charge < -0.3 is 10.2 Å². The topological polar surface area (TPSA) is 49.4 Å². The maximum atomic E-state index is 12.5. The average Bonchev–Trinajstić information content (AvgIpc) is 3.02. The van der Waals surface area contributed by atoms with Crippen LogP contribution >= 0.6 is 0 Å². The molecule has 0 spiro atoms. The van der Waals surface area contributed by atoms with Crippen LogP contribution in [0.25, 0.3) is 0 Å². The highest BCUT2D eigenvalue weighted by molar-refractivity contribution is 6.03. The van der Waals surface area contributed by atoms with Gasteiger partial charge in [-0.15, -0.1) is 0 Å². The summed E-state index contributed by atoms with van der Waals surface area (Å²) in [6, 6.07) is 25.2. The summed E-state index contributed by atoms with van der Waals surface area (Å²) in [6.07, 6.45) is 0.335. The van der Waals surface area contributed by atoms with E-state index in [-0.39, 0.29) is 11.8 Å². The zero-order valence-electron chi connectivity index (χ0n) is 14.9. The van der Waals surface area contributed by atoms with E-state index in [1.54, 1.807) is 11.0 Å². The summed E-state index contributed by atoms with van der Waals surface area (Å²) in [5.41, 5.74) is 4.52. The summed E-state index contributed by atoms with van der Waals surface area (Å²) >= 11 is 0.